The number of rotatable bonds is 9. The molecule has 0 spiro atoms. The molecule has 6 nitrogen and oxygen atoms in total. The van der Waals surface area contributed by atoms with E-state index in [-0.39, 0.29) is 11.9 Å². The first-order valence-corrected chi connectivity index (χ1v) is 9.75. The number of hydrogen-bond donors (Lipinski definition) is 1. The first-order chi connectivity index (χ1) is 11.1. The number of thioether (sulfide) groups is 1. The maximum absolute atomic E-state index is 12.1. The summed E-state index contributed by atoms with van der Waals surface area (Å²) in [6.07, 6.45) is 8.16. The van der Waals surface area contributed by atoms with Gasteiger partial charge in [0, 0.05) is 6.04 Å². The Balaban J connectivity index is 1.71. The molecule has 1 amide bonds. The van der Waals surface area contributed by atoms with Crippen molar-refractivity contribution in [3.05, 3.63) is 0 Å². The number of carbonyl (C=O) groups excluding carboxylic acids is 1. The summed E-state index contributed by atoms with van der Waals surface area (Å²) in [7, 11) is 0. The lowest BCUT2D eigenvalue weighted by molar-refractivity contribution is -0.119. The highest BCUT2D eigenvalue weighted by molar-refractivity contribution is 7.99. The lowest BCUT2D eigenvalue weighted by atomic mass is 10.0. The summed E-state index contributed by atoms with van der Waals surface area (Å²) in [5.41, 5.74) is 0. The fourth-order valence-electron chi connectivity index (χ4n) is 3.01. The summed E-state index contributed by atoms with van der Waals surface area (Å²) in [5.74, 6) is 1.16. The molecular weight excluding hydrogens is 310 g/mol. The predicted octanol–water partition coefficient (Wildman–Crippen LogP) is 3.21. The van der Waals surface area contributed by atoms with Crippen molar-refractivity contribution in [2.24, 2.45) is 5.92 Å². The highest BCUT2D eigenvalue weighted by Gasteiger charge is 2.22. The van der Waals surface area contributed by atoms with Crippen LogP contribution in [0.5, 0.6) is 0 Å². The largest absolute Gasteiger partial charge is 0.353 e. The van der Waals surface area contributed by atoms with Gasteiger partial charge in [-0.05, 0) is 42.5 Å². The molecule has 1 aromatic heterocycles. The lowest BCUT2D eigenvalue weighted by Crippen LogP contribution is -2.33. The van der Waals surface area contributed by atoms with Gasteiger partial charge in [-0.25, -0.2) is 4.68 Å². The van der Waals surface area contributed by atoms with Crippen LogP contribution in [0.4, 0.5) is 0 Å². The smallest absolute Gasteiger partial charge is 0.230 e. The molecule has 7 heteroatoms. The number of aromatic nitrogens is 4. The molecule has 0 radical (unpaired) electrons. The zero-order valence-corrected chi connectivity index (χ0v) is 15.3. The quantitative estimate of drug-likeness (QED) is 0.699. The van der Waals surface area contributed by atoms with Crippen LogP contribution in [0, 0.1) is 5.92 Å². The van der Waals surface area contributed by atoms with Gasteiger partial charge >= 0.3 is 0 Å². The molecule has 1 N–H and O–H groups in total. The molecule has 1 fully saturated rings. The zero-order chi connectivity index (χ0) is 16.7. The van der Waals surface area contributed by atoms with Crippen LogP contribution < -0.4 is 5.32 Å². The van der Waals surface area contributed by atoms with Crippen molar-refractivity contribution in [3.8, 4) is 0 Å². The first-order valence-electron chi connectivity index (χ1n) is 8.76. The molecule has 1 aliphatic rings. The average Bonchev–Trinajstić information content (AvgIpc) is 3.15. The molecule has 0 aromatic carbocycles. The molecule has 0 saturated heterocycles. The Hall–Kier alpha value is -1.11. The number of amides is 1. The Morgan fingerprint density at radius 2 is 2.04 bits per heavy atom. The van der Waals surface area contributed by atoms with Crippen molar-refractivity contribution >= 4 is 17.7 Å². The van der Waals surface area contributed by atoms with Crippen molar-refractivity contribution in [2.45, 2.75) is 83.0 Å². The van der Waals surface area contributed by atoms with Gasteiger partial charge in [-0.3, -0.25) is 4.79 Å². The van der Waals surface area contributed by atoms with E-state index in [2.05, 4.69) is 41.6 Å². The highest BCUT2D eigenvalue weighted by atomic mass is 32.2. The van der Waals surface area contributed by atoms with Crippen LogP contribution in [0.15, 0.2) is 5.16 Å². The third kappa shape index (κ3) is 6.12. The third-order valence-corrected chi connectivity index (χ3v) is 5.22. The van der Waals surface area contributed by atoms with Gasteiger partial charge in [-0.2, -0.15) is 0 Å². The van der Waals surface area contributed by atoms with Crippen molar-refractivity contribution in [1.29, 1.82) is 0 Å². The van der Waals surface area contributed by atoms with E-state index in [0.29, 0.717) is 11.8 Å². The van der Waals surface area contributed by atoms with E-state index in [4.69, 9.17) is 0 Å². The maximum atomic E-state index is 12.1. The number of carbonyl (C=O) groups is 1. The molecule has 23 heavy (non-hydrogen) atoms. The molecule has 1 atom stereocenters. The van der Waals surface area contributed by atoms with E-state index in [1.54, 1.807) is 0 Å². The summed E-state index contributed by atoms with van der Waals surface area (Å²) >= 11 is 1.43. The van der Waals surface area contributed by atoms with E-state index in [0.717, 1.165) is 36.8 Å². The molecule has 2 rings (SSSR count). The van der Waals surface area contributed by atoms with E-state index in [1.165, 1.54) is 31.0 Å². The minimum Gasteiger partial charge on any atom is -0.353 e. The van der Waals surface area contributed by atoms with Crippen LogP contribution in [0.2, 0.25) is 0 Å². The molecule has 1 heterocycles. The number of nitrogens with zero attached hydrogens (tertiary/aromatic N) is 4. The summed E-state index contributed by atoms with van der Waals surface area (Å²) in [5, 5.41) is 15.8. The fraction of sp³-hybridized carbons (Fsp3) is 0.875. The van der Waals surface area contributed by atoms with E-state index >= 15 is 0 Å². The minimum absolute atomic E-state index is 0.0630. The minimum atomic E-state index is 0.0630. The fourth-order valence-corrected chi connectivity index (χ4v) is 3.77. The number of tetrazole rings is 1. The third-order valence-electron chi connectivity index (χ3n) is 4.29. The normalized spacial score (nSPS) is 16.9. The van der Waals surface area contributed by atoms with Gasteiger partial charge < -0.3 is 5.32 Å². The topological polar surface area (TPSA) is 72.7 Å². The van der Waals surface area contributed by atoms with Crippen molar-refractivity contribution < 1.29 is 4.79 Å². The van der Waals surface area contributed by atoms with Gasteiger partial charge in [-0.1, -0.05) is 51.3 Å². The monoisotopic (exact) mass is 339 g/mol. The lowest BCUT2D eigenvalue weighted by Gasteiger charge is -2.14. The van der Waals surface area contributed by atoms with Crippen molar-refractivity contribution in [2.75, 3.05) is 5.75 Å². The second-order valence-corrected chi connectivity index (χ2v) is 7.87. The van der Waals surface area contributed by atoms with E-state index in [1.807, 2.05) is 4.68 Å². The van der Waals surface area contributed by atoms with Crippen LogP contribution in [-0.2, 0) is 4.79 Å². The van der Waals surface area contributed by atoms with Crippen LogP contribution in [0.3, 0.4) is 0 Å². The van der Waals surface area contributed by atoms with Gasteiger partial charge in [-0.15, -0.1) is 5.10 Å². The molecular formula is C16H29N5OS. The molecule has 1 saturated carbocycles. The average molecular weight is 340 g/mol. The van der Waals surface area contributed by atoms with Crippen molar-refractivity contribution in [3.63, 3.8) is 0 Å². The zero-order valence-electron chi connectivity index (χ0n) is 14.5. The summed E-state index contributed by atoms with van der Waals surface area (Å²) < 4.78 is 1.90. The molecule has 1 aromatic rings. The summed E-state index contributed by atoms with van der Waals surface area (Å²) in [6, 6.07) is 0.637. The Morgan fingerprint density at radius 3 is 2.74 bits per heavy atom. The van der Waals surface area contributed by atoms with Gasteiger partial charge in [0.25, 0.3) is 0 Å². The Labute approximate surface area is 143 Å². The maximum Gasteiger partial charge on any atom is 0.230 e. The summed E-state index contributed by atoms with van der Waals surface area (Å²) in [4.78, 5) is 12.1. The Kier molecular flexibility index (Phi) is 7.33. The molecule has 130 valence electrons. The molecule has 1 unspecified atom stereocenters. The van der Waals surface area contributed by atoms with Crippen LogP contribution in [0.1, 0.15) is 71.8 Å². The second-order valence-electron chi connectivity index (χ2n) is 6.93. The molecule has 0 bridgehead atoms. The van der Waals surface area contributed by atoms with Gasteiger partial charge in [0.2, 0.25) is 11.1 Å². The standard InChI is InChI=1S/C16H29N5OS/c1-12(2)7-6-8-13(3)17-15(22)11-23-16-18-19-20-21(16)14-9-4-5-10-14/h12-14H,4-11H2,1-3H3,(H,17,22). The highest BCUT2D eigenvalue weighted by Crippen LogP contribution is 2.31. The van der Waals surface area contributed by atoms with Gasteiger partial charge in [0.1, 0.15) is 0 Å². The van der Waals surface area contributed by atoms with E-state index in [9.17, 15) is 4.79 Å². The van der Waals surface area contributed by atoms with E-state index < -0.39 is 0 Å². The van der Waals surface area contributed by atoms with Gasteiger partial charge in [0.05, 0.1) is 11.8 Å². The van der Waals surface area contributed by atoms with Crippen LogP contribution in [0.25, 0.3) is 0 Å². The Bertz CT molecular complexity index is 485. The van der Waals surface area contributed by atoms with Crippen molar-refractivity contribution in [1.82, 2.24) is 25.5 Å². The SMILES string of the molecule is CC(C)CCCC(C)NC(=O)CSc1nnnn1C1CCCC1. The predicted molar refractivity (Wildman–Crippen MR) is 92.3 cm³/mol. The van der Waals surface area contributed by atoms with Crippen LogP contribution in [-0.4, -0.2) is 37.9 Å². The molecule has 1 aliphatic carbocycles. The summed E-state index contributed by atoms with van der Waals surface area (Å²) in [6.45, 7) is 6.54. The van der Waals surface area contributed by atoms with Crippen LogP contribution >= 0.6 is 11.8 Å². The second kappa shape index (κ2) is 9.25. The molecule has 0 aliphatic heterocycles. The Morgan fingerprint density at radius 1 is 1.30 bits per heavy atom. The number of hydrogen-bond acceptors (Lipinski definition) is 5. The first kappa shape index (κ1) is 18.2. The number of nitrogens with one attached hydrogen (secondary N) is 1. The van der Waals surface area contributed by atoms with Gasteiger partial charge in [0.15, 0.2) is 0 Å².